The number of nitrogens with two attached hydrogens (primary N) is 1. The predicted octanol–water partition coefficient (Wildman–Crippen LogP) is 0.407. The van der Waals surface area contributed by atoms with Gasteiger partial charge in [0.1, 0.15) is 5.39 Å². The smallest absolute Gasteiger partial charge is 0.240 e. The van der Waals surface area contributed by atoms with E-state index in [2.05, 4.69) is 10.1 Å². The average molecular weight is 165 g/mol. The standard InChI is InChI=1S/C7H7N3O2/c1-3-5-6(11)4(8)2-9-7(5)12-10-3/h2H,8H2,1H3,(H,9,11). The number of fused-ring (bicyclic) bond motifs is 1. The number of aromatic amines is 1. The molecule has 2 heterocycles. The van der Waals surface area contributed by atoms with Gasteiger partial charge in [0.25, 0.3) is 0 Å². The summed E-state index contributed by atoms with van der Waals surface area (Å²) >= 11 is 0. The first kappa shape index (κ1) is 6.90. The third-order valence-corrected chi connectivity index (χ3v) is 1.71. The first-order chi connectivity index (χ1) is 5.70. The van der Waals surface area contributed by atoms with Crippen LogP contribution in [0.2, 0.25) is 0 Å². The van der Waals surface area contributed by atoms with Crippen molar-refractivity contribution >= 4 is 16.8 Å². The molecule has 2 rings (SSSR count). The van der Waals surface area contributed by atoms with Crippen LogP contribution in [0, 0.1) is 6.92 Å². The highest BCUT2D eigenvalue weighted by Crippen LogP contribution is 2.11. The van der Waals surface area contributed by atoms with Crippen molar-refractivity contribution in [2.75, 3.05) is 5.73 Å². The molecule has 12 heavy (non-hydrogen) atoms. The highest BCUT2D eigenvalue weighted by atomic mass is 16.5. The summed E-state index contributed by atoms with van der Waals surface area (Å²) in [6.45, 7) is 1.69. The van der Waals surface area contributed by atoms with E-state index in [1.807, 2.05) is 0 Å². The van der Waals surface area contributed by atoms with Gasteiger partial charge in [-0.1, -0.05) is 5.16 Å². The second-order valence-electron chi connectivity index (χ2n) is 2.55. The third-order valence-electron chi connectivity index (χ3n) is 1.71. The summed E-state index contributed by atoms with van der Waals surface area (Å²) in [5.74, 6) is 0. The molecular weight excluding hydrogens is 158 g/mol. The van der Waals surface area contributed by atoms with Gasteiger partial charge in [0.05, 0.1) is 11.4 Å². The van der Waals surface area contributed by atoms with Crippen LogP contribution in [0.5, 0.6) is 0 Å². The van der Waals surface area contributed by atoms with Crippen LogP contribution in [0.3, 0.4) is 0 Å². The number of H-pyrrole nitrogens is 1. The summed E-state index contributed by atoms with van der Waals surface area (Å²) in [7, 11) is 0. The summed E-state index contributed by atoms with van der Waals surface area (Å²) in [6, 6.07) is 0. The number of pyridine rings is 1. The van der Waals surface area contributed by atoms with E-state index in [-0.39, 0.29) is 11.1 Å². The molecule has 0 aliphatic rings. The van der Waals surface area contributed by atoms with Crippen molar-refractivity contribution in [1.82, 2.24) is 10.1 Å². The van der Waals surface area contributed by atoms with Crippen molar-refractivity contribution in [3.63, 3.8) is 0 Å². The van der Waals surface area contributed by atoms with Crippen LogP contribution in [0.4, 0.5) is 5.69 Å². The minimum absolute atomic E-state index is 0.175. The van der Waals surface area contributed by atoms with Gasteiger partial charge in [0.2, 0.25) is 11.1 Å². The van der Waals surface area contributed by atoms with Gasteiger partial charge >= 0.3 is 0 Å². The van der Waals surface area contributed by atoms with Crippen molar-refractivity contribution in [2.24, 2.45) is 0 Å². The fourth-order valence-corrected chi connectivity index (χ4v) is 1.09. The van der Waals surface area contributed by atoms with Crippen LogP contribution in [-0.2, 0) is 0 Å². The van der Waals surface area contributed by atoms with Gasteiger partial charge in [-0.05, 0) is 6.92 Å². The van der Waals surface area contributed by atoms with Crippen molar-refractivity contribution in [2.45, 2.75) is 6.92 Å². The number of hydrogen-bond acceptors (Lipinski definition) is 4. The largest absolute Gasteiger partial charge is 0.394 e. The van der Waals surface area contributed by atoms with Crippen molar-refractivity contribution < 1.29 is 4.52 Å². The maximum absolute atomic E-state index is 11.4. The van der Waals surface area contributed by atoms with E-state index in [1.165, 1.54) is 6.20 Å². The van der Waals surface area contributed by atoms with Crippen LogP contribution >= 0.6 is 0 Å². The van der Waals surface area contributed by atoms with Gasteiger partial charge in [0.15, 0.2) is 0 Å². The summed E-state index contributed by atoms with van der Waals surface area (Å²) in [5.41, 5.74) is 6.26. The zero-order valence-corrected chi connectivity index (χ0v) is 6.42. The van der Waals surface area contributed by atoms with Gasteiger partial charge in [-0.25, -0.2) is 0 Å². The highest BCUT2D eigenvalue weighted by Gasteiger charge is 2.09. The number of rotatable bonds is 0. The van der Waals surface area contributed by atoms with E-state index >= 15 is 0 Å². The molecule has 0 bridgehead atoms. The molecule has 3 N–H and O–H groups in total. The second kappa shape index (κ2) is 2.10. The number of aromatic nitrogens is 2. The Bertz CT molecular complexity index is 483. The normalized spacial score (nSPS) is 10.8. The zero-order valence-electron chi connectivity index (χ0n) is 6.42. The fraction of sp³-hybridized carbons (Fsp3) is 0.143. The average Bonchev–Trinajstić information content (AvgIpc) is 2.41. The van der Waals surface area contributed by atoms with Gasteiger partial charge in [-0.15, -0.1) is 0 Å². The van der Waals surface area contributed by atoms with Crippen molar-refractivity contribution in [1.29, 1.82) is 0 Å². The highest BCUT2D eigenvalue weighted by molar-refractivity contribution is 5.78. The minimum Gasteiger partial charge on any atom is -0.394 e. The Labute approximate surface area is 67.2 Å². The first-order valence-electron chi connectivity index (χ1n) is 3.43. The summed E-state index contributed by atoms with van der Waals surface area (Å²) in [5, 5.41) is 4.06. The topological polar surface area (TPSA) is 84.9 Å². The van der Waals surface area contributed by atoms with Gasteiger partial charge < -0.3 is 15.2 Å². The molecule has 0 aromatic carbocycles. The summed E-state index contributed by atoms with van der Waals surface area (Å²) < 4.78 is 4.82. The molecule has 5 heteroatoms. The molecule has 62 valence electrons. The molecule has 0 amide bonds. The monoisotopic (exact) mass is 165 g/mol. The third kappa shape index (κ3) is 0.730. The summed E-state index contributed by atoms with van der Waals surface area (Å²) in [6.07, 6.45) is 1.40. The van der Waals surface area contributed by atoms with E-state index in [0.29, 0.717) is 16.8 Å². The minimum atomic E-state index is -0.234. The van der Waals surface area contributed by atoms with E-state index in [4.69, 9.17) is 10.3 Å². The zero-order chi connectivity index (χ0) is 8.72. The number of anilines is 1. The molecule has 0 radical (unpaired) electrons. The number of nitrogen functional groups attached to an aromatic ring is 1. The molecule has 2 aromatic rings. The molecule has 2 aromatic heterocycles. The molecule has 0 fully saturated rings. The van der Waals surface area contributed by atoms with Gasteiger partial charge in [-0.2, -0.15) is 0 Å². The van der Waals surface area contributed by atoms with Crippen LogP contribution in [-0.4, -0.2) is 10.1 Å². The molecule has 0 unspecified atom stereocenters. The molecular formula is C7H7N3O2. The molecule has 5 nitrogen and oxygen atoms in total. The predicted molar refractivity (Wildman–Crippen MR) is 43.8 cm³/mol. The second-order valence-corrected chi connectivity index (χ2v) is 2.55. The number of nitrogens with one attached hydrogen (secondary N) is 1. The van der Waals surface area contributed by atoms with Crippen molar-refractivity contribution in [3.05, 3.63) is 22.1 Å². The Morgan fingerprint density at radius 3 is 3.17 bits per heavy atom. The Kier molecular flexibility index (Phi) is 1.21. The van der Waals surface area contributed by atoms with E-state index in [9.17, 15) is 4.79 Å². The molecule has 0 aliphatic carbocycles. The van der Waals surface area contributed by atoms with Crippen LogP contribution in [0.1, 0.15) is 5.69 Å². The SMILES string of the molecule is Cc1noc2[nH]cc(N)c(=O)c12. The lowest BCUT2D eigenvalue weighted by Gasteiger charge is -1.90. The Morgan fingerprint density at radius 1 is 1.67 bits per heavy atom. The fourth-order valence-electron chi connectivity index (χ4n) is 1.09. The van der Waals surface area contributed by atoms with Crippen molar-refractivity contribution in [3.8, 4) is 0 Å². The lowest BCUT2D eigenvalue weighted by molar-refractivity contribution is 0.443. The quantitative estimate of drug-likeness (QED) is 0.592. The lowest BCUT2D eigenvalue weighted by Crippen LogP contribution is -2.08. The Hall–Kier alpha value is -1.78. The molecule has 0 aliphatic heterocycles. The maximum Gasteiger partial charge on any atom is 0.240 e. The van der Waals surface area contributed by atoms with Crippen LogP contribution in [0.25, 0.3) is 11.1 Å². The van der Waals surface area contributed by atoms with E-state index in [0.717, 1.165) is 0 Å². The van der Waals surface area contributed by atoms with E-state index < -0.39 is 0 Å². The molecule has 0 spiro atoms. The lowest BCUT2D eigenvalue weighted by atomic mass is 10.2. The van der Waals surface area contributed by atoms with Crippen LogP contribution in [0.15, 0.2) is 15.5 Å². The maximum atomic E-state index is 11.4. The van der Waals surface area contributed by atoms with Gasteiger partial charge in [0, 0.05) is 6.20 Å². The first-order valence-corrected chi connectivity index (χ1v) is 3.43. The summed E-state index contributed by atoms with van der Waals surface area (Å²) in [4.78, 5) is 14.1. The molecule has 0 saturated carbocycles. The Morgan fingerprint density at radius 2 is 2.42 bits per heavy atom. The molecule has 0 saturated heterocycles. The van der Waals surface area contributed by atoms with Gasteiger partial charge in [-0.3, -0.25) is 4.79 Å². The number of aryl methyl sites for hydroxylation is 1. The molecule has 0 atom stereocenters. The Balaban J connectivity index is 3.06. The van der Waals surface area contributed by atoms with E-state index in [1.54, 1.807) is 6.92 Å². The van der Waals surface area contributed by atoms with Crippen LogP contribution < -0.4 is 11.2 Å². The number of hydrogen-bond donors (Lipinski definition) is 2. The number of nitrogens with zero attached hydrogens (tertiary/aromatic N) is 1.